The number of nitrogens with zero attached hydrogens (tertiary/aromatic N) is 1. The van der Waals surface area contributed by atoms with E-state index in [-0.39, 0.29) is 0 Å². The fourth-order valence-electron chi connectivity index (χ4n) is 3.73. The molecule has 0 aliphatic rings. The van der Waals surface area contributed by atoms with Crippen molar-refractivity contribution in [2.75, 3.05) is 4.31 Å². The van der Waals surface area contributed by atoms with Gasteiger partial charge in [0.25, 0.3) is 11.3 Å². The Kier molecular flexibility index (Phi) is 5.71. The van der Waals surface area contributed by atoms with Gasteiger partial charge in [0.1, 0.15) is 0 Å². The van der Waals surface area contributed by atoms with Crippen LogP contribution in [0.1, 0.15) is 23.2 Å². The molecule has 0 spiro atoms. The number of hydrogen-bond donors (Lipinski definition) is 2. The maximum absolute atomic E-state index is 12.7. The van der Waals surface area contributed by atoms with Gasteiger partial charge in [-0.15, -0.1) is 0 Å². The summed E-state index contributed by atoms with van der Waals surface area (Å²) in [6.07, 6.45) is 0. The fraction of sp³-hybridized carbons (Fsp3) is 0.0833. The van der Waals surface area contributed by atoms with Crippen molar-refractivity contribution in [1.82, 2.24) is 0 Å². The molecular formula is C24H22N2O2S. The van der Waals surface area contributed by atoms with Crippen molar-refractivity contribution in [3.05, 3.63) is 114 Å². The summed E-state index contributed by atoms with van der Waals surface area (Å²) >= 11 is -2.28. The average Bonchev–Trinajstić information content (AvgIpc) is 2.77. The van der Waals surface area contributed by atoms with Gasteiger partial charge < -0.3 is 5.73 Å². The molecular weight excluding hydrogens is 380 g/mol. The SMILES string of the molecule is NC(c1ccccc1)[C@@H](c1ccccc1)N(c1cccc2ccccc12)S(=O)O. The molecule has 4 rings (SSSR count). The van der Waals surface area contributed by atoms with E-state index >= 15 is 0 Å². The van der Waals surface area contributed by atoms with Gasteiger partial charge in [-0.2, -0.15) is 0 Å². The largest absolute Gasteiger partial charge is 0.322 e. The molecule has 3 N–H and O–H groups in total. The Labute approximate surface area is 173 Å². The molecule has 3 atom stereocenters. The minimum absolute atomic E-state index is 0.506. The number of nitrogens with two attached hydrogens (primary N) is 1. The number of anilines is 1. The van der Waals surface area contributed by atoms with Crippen molar-refractivity contribution in [2.45, 2.75) is 12.1 Å². The summed E-state index contributed by atoms with van der Waals surface area (Å²) in [5, 5.41) is 1.90. The van der Waals surface area contributed by atoms with E-state index in [0.29, 0.717) is 5.69 Å². The van der Waals surface area contributed by atoms with Crippen LogP contribution in [0, 0.1) is 0 Å². The zero-order chi connectivity index (χ0) is 20.2. The van der Waals surface area contributed by atoms with E-state index in [4.69, 9.17) is 5.73 Å². The molecule has 0 aliphatic heterocycles. The first-order chi connectivity index (χ1) is 14.2. The number of benzene rings is 4. The first-order valence-corrected chi connectivity index (χ1v) is 10.5. The number of rotatable bonds is 6. The second-order valence-corrected chi connectivity index (χ2v) is 7.70. The fourth-order valence-corrected chi connectivity index (χ4v) is 4.50. The predicted octanol–water partition coefficient (Wildman–Crippen LogP) is 5.22. The Morgan fingerprint density at radius 1 is 0.724 bits per heavy atom. The van der Waals surface area contributed by atoms with Gasteiger partial charge in [-0.3, -0.25) is 8.86 Å². The van der Waals surface area contributed by atoms with Crippen LogP contribution < -0.4 is 10.0 Å². The van der Waals surface area contributed by atoms with Gasteiger partial charge >= 0.3 is 0 Å². The van der Waals surface area contributed by atoms with Crippen molar-refractivity contribution < 1.29 is 8.76 Å². The highest BCUT2D eigenvalue weighted by Gasteiger charge is 2.32. The van der Waals surface area contributed by atoms with Gasteiger partial charge in [0.2, 0.25) is 0 Å². The second kappa shape index (κ2) is 8.57. The van der Waals surface area contributed by atoms with Gasteiger partial charge in [0, 0.05) is 5.39 Å². The van der Waals surface area contributed by atoms with Gasteiger partial charge in [0.05, 0.1) is 17.8 Å². The van der Waals surface area contributed by atoms with Crippen molar-refractivity contribution in [3.63, 3.8) is 0 Å². The maximum Gasteiger partial charge on any atom is 0.262 e. The van der Waals surface area contributed by atoms with E-state index in [1.165, 1.54) is 4.31 Å². The third kappa shape index (κ3) is 3.93. The standard InChI is InChI=1S/C24H22N2O2S/c25-23(19-11-3-1-4-12-19)24(20-13-5-2-6-14-20)26(29(27)28)22-17-9-15-18-10-7-8-16-21(18)22/h1-17,23-24H,25H2,(H,27,28)/t23?,24-/m1/s1. The molecule has 29 heavy (non-hydrogen) atoms. The quantitative estimate of drug-likeness (QED) is 0.434. The molecule has 0 aromatic heterocycles. The van der Waals surface area contributed by atoms with Crippen LogP contribution in [0.25, 0.3) is 10.8 Å². The lowest BCUT2D eigenvalue weighted by molar-refractivity contribution is 0.520. The van der Waals surface area contributed by atoms with Crippen LogP contribution in [0.3, 0.4) is 0 Å². The van der Waals surface area contributed by atoms with Gasteiger partial charge in [-0.25, -0.2) is 4.21 Å². The highest BCUT2D eigenvalue weighted by atomic mass is 32.2. The van der Waals surface area contributed by atoms with Crippen LogP contribution >= 0.6 is 0 Å². The second-order valence-electron chi connectivity index (χ2n) is 6.85. The smallest absolute Gasteiger partial charge is 0.262 e. The Morgan fingerprint density at radius 3 is 1.93 bits per heavy atom. The van der Waals surface area contributed by atoms with Crippen molar-refractivity contribution >= 4 is 27.7 Å². The molecule has 5 heteroatoms. The summed E-state index contributed by atoms with van der Waals surface area (Å²) in [4.78, 5) is 0. The molecule has 4 aromatic rings. The first kappa shape index (κ1) is 19.3. The van der Waals surface area contributed by atoms with Crippen molar-refractivity contribution in [1.29, 1.82) is 0 Å². The van der Waals surface area contributed by atoms with E-state index < -0.39 is 23.4 Å². The minimum Gasteiger partial charge on any atom is -0.322 e. The molecule has 2 unspecified atom stereocenters. The summed E-state index contributed by atoms with van der Waals surface area (Å²) in [5.41, 5.74) is 9.15. The van der Waals surface area contributed by atoms with E-state index in [1.807, 2.05) is 103 Å². The average molecular weight is 403 g/mol. The molecule has 0 saturated heterocycles. The molecule has 0 saturated carbocycles. The Bertz CT molecular complexity index is 1110. The van der Waals surface area contributed by atoms with Gasteiger partial charge in [-0.1, -0.05) is 97.1 Å². The molecule has 0 fully saturated rings. The van der Waals surface area contributed by atoms with E-state index in [1.54, 1.807) is 0 Å². The molecule has 0 aliphatic carbocycles. The summed E-state index contributed by atoms with van der Waals surface area (Å²) in [6, 6.07) is 31.9. The Hall–Kier alpha value is -2.99. The molecule has 0 bridgehead atoms. The number of fused-ring (bicyclic) bond motifs is 1. The Morgan fingerprint density at radius 2 is 1.28 bits per heavy atom. The maximum atomic E-state index is 12.7. The Balaban J connectivity index is 1.92. The van der Waals surface area contributed by atoms with Gasteiger partial charge in [-0.05, 0) is 22.6 Å². The third-order valence-corrected chi connectivity index (χ3v) is 5.85. The monoisotopic (exact) mass is 402 g/mol. The van der Waals surface area contributed by atoms with Crippen LogP contribution in [0.5, 0.6) is 0 Å². The normalized spacial score (nSPS) is 14.3. The molecule has 0 amide bonds. The van der Waals surface area contributed by atoms with Gasteiger partial charge in [0.15, 0.2) is 0 Å². The lowest BCUT2D eigenvalue weighted by Crippen LogP contribution is -2.37. The summed E-state index contributed by atoms with van der Waals surface area (Å²) in [6.45, 7) is 0. The van der Waals surface area contributed by atoms with E-state index in [0.717, 1.165) is 21.9 Å². The molecule has 146 valence electrons. The lowest BCUT2D eigenvalue weighted by Gasteiger charge is -2.35. The third-order valence-electron chi connectivity index (χ3n) is 5.09. The summed E-state index contributed by atoms with van der Waals surface area (Å²) in [5.74, 6) is 0. The molecule has 4 nitrogen and oxygen atoms in total. The topological polar surface area (TPSA) is 66.6 Å². The summed E-state index contributed by atoms with van der Waals surface area (Å²) < 4.78 is 24.6. The van der Waals surface area contributed by atoms with Crippen LogP contribution in [0.2, 0.25) is 0 Å². The summed E-state index contributed by atoms with van der Waals surface area (Å²) in [7, 11) is 0. The molecule has 0 heterocycles. The van der Waals surface area contributed by atoms with Crippen LogP contribution in [0.4, 0.5) is 5.69 Å². The lowest BCUT2D eigenvalue weighted by atomic mass is 9.93. The van der Waals surface area contributed by atoms with Crippen molar-refractivity contribution in [3.8, 4) is 0 Å². The number of hydrogen-bond acceptors (Lipinski definition) is 2. The highest BCUT2D eigenvalue weighted by Crippen LogP contribution is 2.39. The van der Waals surface area contributed by atoms with Crippen LogP contribution in [0.15, 0.2) is 103 Å². The predicted molar refractivity (Wildman–Crippen MR) is 120 cm³/mol. The van der Waals surface area contributed by atoms with E-state index in [9.17, 15) is 8.76 Å². The van der Waals surface area contributed by atoms with Crippen molar-refractivity contribution in [2.24, 2.45) is 5.73 Å². The van der Waals surface area contributed by atoms with E-state index in [2.05, 4.69) is 0 Å². The molecule has 4 aromatic carbocycles. The minimum atomic E-state index is -2.28. The zero-order valence-electron chi connectivity index (χ0n) is 15.8. The van der Waals surface area contributed by atoms with Crippen LogP contribution in [-0.4, -0.2) is 8.76 Å². The highest BCUT2D eigenvalue weighted by molar-refractivity contribution is 7.80. The molecule has 0 radical (unpaired) electrons. The zero-order valence-corrected chi connectivity index (χ0v) is 16.6. The van der Waals surface area contributed by atoms with Crippen LogP contribution in [-0.2, 0) is 11.3 Å². The first-order valence-electron chi connectivity index (χ1n) is 9.40.